The second kappa shape index (κ2) is 5.23. The molecule has 88 valence electrons. The minimum atomic E-state index is -1.16. The second-order valence-electron chi connectivity index (χ2n) is 4.50. The van der Waals surface area contributed by atoms with Gasteiger partial charge in [0.15, 0.2) is 5.78 Å². The molecule has 2 N–H and O–H groups in total. The Morgan fingerprint density at radius 1 is 1.31 bits per heavy atom. The Hall–Kier alpha value is -1.19. The summed E-state index contributed by atoms with van der Waals surface area (Å²) in [6.07, 6.45) is -0.355. The van der Waals surface area contributed by atoms with Crippen molar-refractivity contribution in [2.45, 2.75) is 38.4 Å². The minimum Gasteiger partial charge on any atom is -0.390 e. The molecular formula is C13H18O3. The molecule has 0 aromatic heterocycles. The first-order chi connectivity index (χ1) is 7.41. The van der Waals surface area contributed by atoms with Crippen LogP contribution in [-0.4, -0.2) is 27.7 Å². The topological polar surface area (TPSA) is 57.5 Å². The van der Waals surface area contributed by atoms with Crippen molar-refractivity contribution in [3.63, 3.8) is 0 Å². The molecule has 1 unspecified atom stereocenters. The number of aliphatic hydroxyl groups excluding tert-OH is 1. The number of carbonyl (C=O) groups is 1. The average molecular weight is 222 g/mol. The summed E-state index contributed by atoms with van der Waals surface area (Å²) in [5.74, 6) is -0.0103. The van der Waals surface area contributed by atoms with Crippen LogP contribution in [0.15, 0.2) is 30.3 Å². The highest BCUT2D eigenvalue weighted by Crippen LogP contribution is 2.15. The van der Waals surface area contributed by atoms with Crippen LogP contribution in [0.25, 0.3) is 0 Å². The van der Waals surface area contributed by atoms with E-state index in [2.05, 4.69) is 0 Å². The van der Waals surface area contributed by atoms with Gasteiger partial charge in [-0.3, -0.25) is 4.79 Å². The fourth-order valence-electron chi connectivity index (χ4n) is 1.39. The molecule has 0 aliphatic heterocycles. The van der Waals surface area contributed by atoms with Gasteiger partial charge in [0.1, 0.15) is 0 Å². The van der Waals surface area contributed by atoms with Crippen molar-refractivity contribution in [3.05, 3.63) is 35.9 Å². The van der Waals surface area contributed by atoms with Crippen LogP contribution in [0.2, 0.25) is 0 Å². The SMILES string of the molecule is CC(C)(O)C(O)CCC(=O)c1ccccc1. The highest BCUT2D eigenvalue weighted by Gasteiger charge is 2.24. The number of ketones is 1. The first kappa shape index (κ1) is 12.9. The standard InChI is InChI=1S/C13H18O3/c1-13(2,16)12(15)9-8-11(14)10-6-4-3-5-7-10/h3-7,12,15-16H,8-9H2,1-2H3. The molecule has 16 heavy (non-hydrogen) atoms. The van der Waals surface area contributed by atoms with E-state index in [1.165, 1.54) is 13.8 Å². The normalized spacial score (nSPS) is 13.5. The van der Waals surface area contributed by atoms with E-state index >= 15 is 0 Å². The zero-order valence-corrected chi connectivity index (χ0v) is 9.68. The fraction of sp³-hybridized carbons (Fsp3) is 0.462. The highest BCUT2D eigenvalue weighted by molar-refractivity contribution is 5.95. The van der Waals surface area contributed by atoms with Crippen molar-refractivity contribution in [3.8, 4) is 0 Å². The van der Waals surface area contributed by atoms with Crippen molar-refractivity contribution in [2.24, 2.45) is 0 Å². The van der Waals surface area contributed by atoms with Crippen LogP contribution in [0, 0.1) is 0 Å². The average Bonchev–Trinajstić information content (AvgIpc) is 2.25. The zero-order chi connectivity index (χ0) is 12.2. The van der Waals surface area contributed by atoms with Gasteiger partial charge < -0.3 is 10.2 Å². The summed E-state index contributed by atoms with van der Waals surface area (Å²) in [5, 5.41) is 19.1. The van der Waals surface area contributed by atoms with Crippen LogP contribution in [0.3, 0.4) is 0 Å². The Bertz CT molecular complexity index is 338. The van der Waals surface area contributed by atoms with Crippen LogP contribution >= 0.6 is 0 Å². The van der Waals surface area contributed by atoms with Crippen molar-refractivity contribution in [1.82, 2.24) is 0 Å². The van der Waals surface area contributed by atoms with Gasteiger partial charge in [0, 0.05) is 12.0 Å². The summed E-state index contributed by atoms with van der Waals surface area (Å²) in [7, 11) is 0. The molecule has 0 heterocycles. The Kier molecular flexibility index (Phi) is 4.21. The van der Waals surface area contributed by atoms with Crippen molar-refractivity contribution < 1.29 is 15.0 Å². The Morgan fingerprint density at radius 2 is 1.88 bits per heavy atom. The molecule has 1 aromatic carbocycles. The quantitative estimate of drug-likeness (QED) is 0.747. The molecule has 0 bridgehead atoms. The number of benzene rings is 1. The van der Waals surface area contributed by atoms with Crippen molar-refractivity contribution in [2.75, 3.05) is 0 Å². The summed E-state index contributed by atoms with van der Waals surface area (Å²) in [6.45, 7) is 3.06. The van der Waals surface area contributed by atoms with Gasteiger partial charge in [-0.15, -0.1) is 0 Å². The Morgan fingerprint density at radius 3 is 2.38 bits per heavy atom. The zero-order valence-electron chi connectivity index (χ0n) is 9.68. The minimum absolute atomic E-state index is 0.0103. The van der Waals surface area contributed by atoms with Crippen LogP contribution in [-0.2, 0) is 0 Å². The summed E-state index contributed by atoms with van der Waals surface area (Å²) in [5.41, 5.74) is -0.512. The van der Waals surface area contributed by atoms with E-state index in [0.29, 0.717) is 5.56 Å². The summed E-state index contributed by atoms with van der Waals surface area (Å²) in [4.78, 5) is 11.7. The Labute approximate surface area is 95.7 Å². The van der Waals surface area contributed by atoms with E-state index in [-0.39, 0.29) is 18.6 Å². The number of aliphatic hydroxyl groups is 2. The third-order valence-electron chi connectivity index (χ3n) is 2.56. The molecular weight excluding hydrogens is 204 g/mol. The van der Waals surface area contributed by atoms with E-state index in [4.69, 9.17) is 0 Å². The van der Waals surface area contributed by atoms with Gasteiger partial charge in [-0.25, -0.2) is 0 Å². The first-order valence-electron chi connectivity index (χ1n) is 5.40. The maximum Gasteiger partial charge on any atom is 0.162 e. The second-order valence-corrected chi connectivity index (χ2v) is 4.50. The lowest BCUT2D eigenvalue weighted by Gasteiger charge is -2.24. The fourth-order valence-corrected chi connectivity index (χ4v) is 1.39. The van der Waals surface area contributed by atoms with Gasteiger partial charge in [0.25, 0.3) is 0 Å². The Balaban J connectivity index is 2.48. The lowest BCUT2D eigenvalue weighted by atomic mass is 9.95. The molecule has 1 aromatic rings. The molecule has 0 saturated carbocycles. The predicted molar refractivity (Wildman–Crippen MR) is 62.3 cm³/mol. The van der Waals surface area contributed by atoms with Gasteiger partial charge in [-0.1, -0.05) is 30.3 Å². The molecule has 3 nitrogen and oxygen atoms in total. The largest absolute Gasteiger partial charge is 0.390 e. The van der Waals surface area contributed by atoms with E-state index in [1.807, 2.05) is 6.07 Å². The number of hydrogen-bond acceptors (Lipinski definition) is 3. The van der Waals surface area contributed by atoms with Gasteiger partial charge in [-0.05, 0) is 20.3 Å². The summed E-state index contributed by atoms with van der Waals surface area (Å²) in [6, 6.07) is 8.96. The van der Waals surface area contributed by atoms with Crippen molar-refractivity contribution in [1.29, 1.82) is 0 Å². The molecule has 1 rings (SSSR count). The van der Waals surface area contributed by atoms with Gasteiger partial charge in [-0.2, -0.15) is 0 Å². The first-order valence-corrected chi connectivity index (χ1v) is 5.40. The lowest BCUT2D eigenvalue weighted by Crippen LogP contribution is -2.36. The van der Waals surface area contributed by atoms with E-state index in [1.54, 1.807) is 24.3 Å². The summed E-state index contributed by atoms with van der Waals surface area (Å²) < 4.78 is 0. The smallest absolute Gasteiger partial charge is 0.162 e. The molecule has 0 aliphatic rings. The molecule has 0 fully saturated rings. The lowest BCUT2D eigenvalue weighted by molar-refractivity contribution is -0.0510. The van der Waals surface area contributed by atoms with Gasteiger partial charge in [0.05, 0.1) is 11.7 Å². The number of Topliss-reactive ketones (excluding diaryl/α,β-unsaturated/α-hetero) is 1. The maximum absolute atomic E-state index is 11.7. The van der Waals surface area contributed by atoms with Crippen molar-refractivity contribution >= 4 is 5.78 Å². The number of carbonyl (C=O) groups excluding carboxylic acids is 1. The van der Waals surface area contributed by atoms with Crippen LogP contribution in [0.1, 0.15) is 37.0 Å². The number of hydrogen-bond donors (Lipinski definition) is 2. The molecule has 0 aliphatic carbocycles. The molecule has 0 amide bonds. The molecule has 0 saturated heterocycles. The maximum atomic E-state index is 11.7. The van der Waals surface area contributed by atoms with E-state index < -0.39 is 11.7 Å². The van der Waals surface area contributed by atoms with Crippen LogP contribution < -0.4 is 0 Å². The van der Waals surface area contributed by atoms with Crippen LogP contribution in [0.4, 0.5) is 0 Å². The van der Waals surface area contributed by atoms with Gasteiger partial charge >= 0.3 is 0 Å². The monoisotopic (exact) mass is 222 g/mol. The highest BCUT2D eigenvalue weighted by atomic mass is 16.3. The molecule has 3 heteroatoms. The third-order valence-corrected chi connectivity index (χ3v) is 2.56. The predicted octanol–water partition coefficient (Wildman–Crippen LogP) is 1.78. The molecule has 0 spiro atoms. The number of rotatable bonds is 5. The summed E-state index contributed by atoms with van der Waals surface area (Å²) >= 11 is 0. The van der Waals surface area contributed by atoms with E-state index in [0.717, 1.165) is 0 Å². The van der Waals surface area contributed by atoms with Gasteiger partial charge in [0.2, 0.25) is 0 Å². The molecule has 0 radical (unpaired) electrons. The molecule has 1 atom stereocenters. The van der Waals surface area contributed by atoms with Crippen LogP contribution in [0.5, 0.6) is 0 Å². The van der Waals surface area contributed by atoms with E-state index in [9.17, 15) is 15.0 Å². The third kappa shape index (κ3) is 3.76.